The lowest BCUT2D eigenvalue weighted by Gasteiger charge is -2.20. The molecule has 3 N–H and O–H groups in total. The molecule has 0 fully saturated rings. The van der Waals surface area contributed by atoms with E-state index in [-0.39, 0.29) is 6.04 Å². The molecule has 0 aliphatic carbocycles. The summed E-state index contributed by atoms with van der Waals surface area (Å²) in [6.07, 6.45) is 2.50. The summed E-state index contributed by atoms with van der Waals surface area (Å²) in [6.45, 7) is 4.87. The Hall–Kier alpha value is -0.170. The third-order valence-electron chi connectivity index (χ3n) is 2.16. The topological polar surface area (TPSA) is 75.4 Å². The van der Waals surface area contributed by atoms with Crippen LogP contribution in [0.15, 0.2) is 0 Å². The molecule has 0 saturated heterocycles. The number of hydrogen-bond acceptors (Lipinski definition) is 3. The zero-order valence-corrected chi connectivity index (χ0v) is 10.7. The molecule has 0 spiro atoms. The van der Waals surface area contributed by atoms with Gasteiger partial charge in [0.25, 0.3) is 10.2 Å². The highest BCUT2D eigenvalue weighted by Gasteiger charge is 2.18. The van der Waals surface area contributed by atoms with Crippen LogP contribution in [0.5, 0.6) is 0 Å². The van der Waals surface area contributed by atoms with Gasteiger partial charge in [-0.25, -0.2) is 0 Å². The molecule has 0 aromatic heterocycles. The molecule has 5 nitrogen and oxygen atoms in total. The molecule has 0 aliphatic heterocycles. The van der Waals surface area contributed by atoms with Crippen molar-refractivity contribution < 1.29 is 8.42 Å². The van der Waals surface area contributed by atoms with Crippen LogP contribution in [0, 0.1) is 0 Å². The van der Waals surface area contributed by atoms with Crippen molar-refractivity contribution in [2.24, 2.45) is 5.73 Å². The molecule has 0 aromatic rings. The van der Waals surface area contributed by atoms with Crippen molar-refractivity contribution in [1.82, 2.24) is 9.03 Å². The van der Waals surface area contributed by atoms with Crippen molar-refractivity contribution in [2.45, 2.75) is 39.2 Å². The van der Waals surface area contributed by atoms with Crippen molar-refractivity contribution in [1.29, 1.82) is 0 Å². The van der Waals surface area contributed by atoms with E-state index in [1.165, 1.54) is 4.31 Å². The summed E-state index contributed by atoms with van der Waals surface area (Å²) in [5.41, 5.74) is 5.33. The Morgan fingerprint density at radius 2 is 2.07 bits per heavy atom. The molecular weight excluding hydrogens is 214 g/mol. The molecule has 0 aliphatic rings. The maximum atomic E-state index is 11.7. The van der Waals surface area contributed by atoms with Gasteiger partial charge in [0.1, 0.15) is 0 Å². The molecule has 0 bridgehead atoms. The van der Waals surface area contributed by atoms with Crippen LogP contribution >= 0.6 is 0 Å². The second-order valence-corrected chi connectivity index (χ2v) is 5.59. The highest BCUT2D eigenvalue weighted by Crippen LogP contribution is 2.01. The summed E-state index contributed by atoms with van der Waals surface area (Å²) in [4.78, 5) is 0. The Labute approximate surface area is 93.2 Å². The molecule has 0 amide bonds. The Kier molecular flexibility index (Phi) is 7.08. The van der Waals surface area contributed by atoms with Crippen LogP contribution in [-0.2, 0) is 10.2 Å². The van der Waals surface area contributed by atoms with Gasteiger partial charge in [-0.05, 0) is 26.3 Å². The Morgan fingerprint density at radius 1 is 1.47 bits per heavy atom. The molecular formula is C9H23N3O2S. The van der Waals surface area contributed by atoms with E-state index in [2.05, 4.69) is 4.72 Å². The molecule has 0 radical (unpaired) electrons. The van der Waals surface area contributed by atoms with Crippen molar-refractivity contribution in [3.05, 3.63) is 0 Å². The first-order chi connectivity index (χ1) is 6.94. The van der Waals surface area contributed by atoms with Gasteiger partial charge < -0.3 is 5.73 Å². The molecule has 1 atom stereocenters. The van der Waals surface area contributed by atoms with Gasteiger partial charge in [-0.3, -0.25) is 0 Å². The number of hydrogen-bond donors (Lipinski definition) is 2. The molecule has 6 heteroatoms. The summed E-state index contributed by atoms with van der Waals surface area (Å²) in [7, 11) is -1.76. The minimum Gasteiger partial charge on any atom is -0.330 e. The smallest absolute Gasteiger partial charge is 0.279 e. The van der Waals surface area contributed by atoms with Crippen molar-refractivity contribution in [2.75, 3.05) is 20.1 Å². The fourth-order valence-corrected chi connectivity index (χ4v) is 2.45. The number of nitrogens with one attached hydrogen (secondary N) is 1. The van der Waals surface area contributed by atoms with Crippen LogP contribution in [0.1, 0.15) is 33.1 Å². The molecule has 15 heavy (non-hydrogen) atoms. The molecule has 0 aromatic carbocycles. The van der Waals surface area contributed by atoms with Gasteiger partial charge in [-0.2, -0.15) is 17.4 Å². The monoisotopic (exact) mass is 237 g/mol. The Bertz CT molecular complexity index is 254. The van der Waals surface area contributed by atoms with E-state index in [4.69, 9.17) is 5.73 Å². The van der Waals surface area contributed by atoms with Gasteiger partial charge >= 0.3 is 0 Å². The van der Waals surface area contributed by atoms with E-state index in [0.717, 1.165) is 12.8 Å². The second-order valence-electron chi connectivity index (χ2n) is 3.78. The fourth-order valence-electron chi connectivity index (χ4n) is 1.27. The van der Waals surface area contributed by atoms with E-state index < -0.39 is 10.2 Å². The van der Waals surface area contributed by atoms with Crippen LogP contribution in [0.4, 0.5) is 0 Å². The maximum Gasteiger partial charge on any atom is 0.279 e. The summed E-state index contributed by atoms with van der Waals surface area (Å²) < 4.78 is 27.3. The fraction of sp³-hybridized carbons (Fsp3) is 1.00. The first-order valence-corrected chi connectivity index (χ1v) is 6.81. The van der Waals surface area contributed by atoms with E-state index in [1.54, 1.807) is 7.05 Å². The van der Waals surface area contributed by atoms with Gasteiger partial charge in [0, 0.05) is 19.6 Å². The normalized spacial score (nSPS) is 14.5. The van der Waals surface area contributed by atoms with E-state index in [9.17, 15) is 8.42 Å². The van der Waals surface area contributed by atoms with Crippen LogP contribution in [0.25, 0.3) is 0 Å². The predicted octanol–water partition coefficient (Wildman–Crippen LogP) is 0.290. The molecule has 1 unspecified atom stereocenters. The van der Waals surface area contributed by atoms with E-state index in [1.807, 2.05) is 13.8 Å². The third kappa shape index (κ3) is 6.09. The first-order valence-electron chi connectivity index (χ1n) is 5.37. The Balaban J connectivity index is 4.16. The highest BCUT2D eigenvalue weighted by molar-refractivity contribution is 7.87. The third-order valence-corrected chi connectivity index (χ3v) is 3.86. The molecule has 92 valence electrons. The number of rotatable bonds is 8. The molecule has 0 heterocycles. The molecule has 0 rings (SSSR count). The summed E-state index contributed by atoms with van der Waals surface area (Å²) in [6, 6.07) is -0.0136. The van der Waals surface area contributed by atoms with Crippen molar-refractivity contribution in [3.63, 3.8) is 0 Å². The predicted molar refractivity (Wildman–Crippen MR) is 62.7 cm³/mol. The zero-order chi connectivity index (χ0) is 11.9. The lowest BCUT2D eigenvalue weighted by atomic mass is 10.2. The van der Waals surface area contributed by atoms with Gasteiger partial charge in [-0.15, -0.1) is 0 Å². The van der Waals surface area contributed by atoms with Gasteiger partial charge in [-0.1, -0.05) is 13.3 Å². The van der Waals surface area contributed by atoms with Crippen molar-refractivity contribution >= 4 is 10.2 Å². The van der Waals surface area contributed by atoms with Crippen LogP contribution in [-0.4, -0.2) is 38.9 Å². The SMILES string of the molecule is CCCC(C)NS(=O)(=O)N(C)CCCN. The average Bonchev–Trinajstić information content (AvgIpc) is 2.13. The second kappa shape index (κ2) is 7.16. The quantitative estimate of drug-likeness (QED) is 0.637. The maximum absolute atomic E-state index is 11.7. The minimum atomic E-state index is -3.33. The van der Waals surface area contributed by atoms with Gasteiger partial charge in [0.2, 0.25) is 0 Å². The van der Waals surface area contributed by atoms with Gasteiger partial charge in [0.15, 0.2) is 0 Å². The number of nitrogens with zero attached hydrogens (tertiary/aromatic N) is 1. The largest absolute Gasteiger partial charge is 0.330 e. The zero-order valence-electron chi connectivity index (χ0n) is 9.86. The summed E-state index contributed by atoms with van der Waals surface area (Å²) in [5, 5.41) is 0. The first kappa shape index (κ1) is 14.8. The number of nitrogens with two attached hydrogens (primary N) is 1. The van der Waals surface area contributed by atoms with E-state index >= 15 is 0 Å². The van der Waals surface area contributed by atoms with E-state index in [0.29, 0.717) is 19.5 Å². The lowest BCUT2D eigenvalue weighted by molar-refractivity contribution is 0.440. The summed E-state index contributed by atoms with van der Waals surface area (Å²) >= 11 is 0. The summed E-state index contributed by atoms with van der Waals surface area (Å²) in [5.74, 6) is 0. The Morgan fingerprint density at radius 3 is 2.53 bits per heavy atom. The van der Waals surface area contributed by atoms with Crippen molar-refractivity contribution in [3.8, 4) is 0 Å². The average molecular weight is 237 g/mol. The highest BCUT2D eigenvalue weighted by atomic mass is 32.2. The molecule has 0 saturated carbocycles. The van der Waals surface area contributed by atoms with Crippen LogP contribution < -0.4 is 10.5 Å². The van der Waals surface area contributed by atoms with Crippen LogP contribution in [0.2, 0.25) is 0 Å². The standard InChI is InChI=1S/C9H23N3O2S/c1-4-6-9(2)11-15(13,14)12(3)8-5-7-10/h9,11H,4-8,10H2,1-3H3. The lowest BCUT2D eigenvalue weighted by Crippen LogP contribution is -2.43. The van der Waals surface area contributed by atoms with Crippen LogP contribution in [0.3, 0.4) is 0 Å². The van der Waals surface area contributed by atoms with Gasteiger partial charge in [0.05, 0.1) is 0 Å². The minimum absolute atomic E-state index is 0.0136.